The molecule has 7 rings (SSSR count). The minimum atomic E-state index is -0.770. The normalized spacial score (nSPS) is 16.8. The lowest BCUT2D eigenvalue weighted by atomic mass is 9.77. The number of aromatic nitrogens is 1. The SMILES string of the molecule is C=CC(CC)C1CCN(Cc2cc(OCc3ccccc3)c(OCc3ccccc3)c(OCc3ccccc3)c2)[C@@H]([C@@H](O)c2ccnc3ccc(OC)cc23)C1. The van der Waals surface area contributed by atoms with Gasteiger partial charge in [-0.3, -0.25) is 9.88 Å². The molecule has 1 aliphatic heterocycles. The van der Waals surface area contributed by atoms with Crippen LogP contribution < -0.4 is 18.9 Å². The lowest BCUT2D eigenvalue weighted by Crippen LogP contribution is -2.46. The van der Waals surface area contributed by atoms with Gasteiger partial charge in [0, 0.05) is 24.2 Å². The Labute approximate surface area is 331 Å². The Morgan fingerprint density at radius 2 is 1.36 bits per heavy atom. The fourth-order valence-electron chi connectivity index (χ4n) is 7.93. The monoisotopic (exact) mass is 748 g/mol. The van der Waals surface area contributed by atoms with Crippen LogP contribution in [-0.2, 0) is 26.4 Å². The first-order valence-electron chi connectivity index (χ1n) is 19.7. The predicted octanol–water partition coefficient (Wildman–Crippen LogP) is 10.5. The van der Waals surface area contributed by atoms with Gasteiger partial charge < -0.3 is 24.1 Å². The van der Waals surface area contributed by atoms with Crippen molar-refractivity contribution in [1.29, 1.82) is 0 Å². The molecule has 1 N–H and O–H groups in total. The number of hydrogen-bond acceptors (Lipinski definition) is 7. The van der Waals surface area contributed by atoms with E-state index in [0.717, 1.165) is 70.3 Å². The largest absolute Gasteiger partial charge is 0.497 e. The van der Waals surface area contributed by atoms with E-state index < -0.39 is 6.10 Å². The summed E-state index contributed by atoms with van der Waals surface area (Å²) in [6, 6.07) is 42.2. The van der Waals surface area contributed by atoms with E-state index in [2.05, 4.69) is 78.0 Å². The van der Waals surface area contributed by atoms with Gasteiger partial charge >= 0.3 is 0 Å². The molecule has 288 valence electrons. The maximum atomic E-state index is 12.4. The molecule has 0 bridgehead atoms. The fourth-order valence-corrected chi connectivity index (χ4v) is 7.93. The second-order valence-corrected chi connectivity index (χ2v) is 14.6. The van der Waals surface area contributed by atoms with Gasteiger partial charge in [0.05, 0.1) is 18.7 Å². The maximum Gasteiger partial charge on any atom is 0.203 e. The Hall–Kier alpha value is -5.63. The average molecular weight is 749 g/mol. The van der Waals surface area contributed by atoms with Crippen LogP contribution in [-0.4, -0.2) is 34.7 Å². The number of fused-ring (bicyclic) bond motifs is 1. The van der Waals surface area contributed by atoms with E-state index in [0.29, 0.717) is 55.4 Å². The molecule has 5 aromatic carbocycles. The summed E-state index contributed by atoms with van der Waals surface area (Å²) in [5.74, 6) is 3.30. The number of likely N-dealkylation sites (tertiary alicyclic amines) is 1. The quantitative estimate of drug-likeness (QED) is 0.0931. The molecule has 7 nitrogen and oxygen atoms in total. The van der Waals surface area contributed by atoms with Gasteiger partial charge in [0.2, 0.25) is 5.75 Å². The van der Waals surface area contributed by atoms with Crippen molar-refractivity contribution in [2.45, 2.75) is 64.7 Å². The summed E-state index contributed by atoms with van der Waals surface area (Å²) in [6.45, 7) is 8.90. The second kappa shape index (κ2) is 18.8. The Kier molecular flexibility index (Phi) is 13.0. The van der Waals surface area contributed by atoms with Crippen LogP contribution in [0.2, 0.25) is 0 Å². The Morgan fingerprint density at radius 1 is 0.768 bits per heavy atom. The number of methoxy groups -OCH3 is 1. The van der Waals surface area contributed by atoms with E-state index in [1.165, 1.54) is 0 Å². The molecule has 56 heavy (non-hydrogen) atoms. The zero-order chi connectivity index (χ0) is 38.7. The van der Waals surface area contributed by atoms with Crippen molar-refractivity contribution in [3.63, 3.8) is 0 Å². The van der Waals surface area contributed by atoms with Crippen LogP contribution in [0.25, 0.3) is 10.9 Å². The topological polar surface area (TPSA) is 73.3 Å². The van der Waals surface area contributed by atoms with Crippen molar-refractivity contribution < 1.29 is 24.1 Å². The van der Waals surface area contributed by atoms with Gasteiger partial charge in [-0.25, -0.2) is 0 Å². The number of allylic oxidation sites excluding steroid dienone is 1. The summed E-state index contributed by atoms with van der Waals surface area (Å²) in [5.41, 5.74) is 5.84. The van der Waals surface area contributed by atoms with Gasteiger partial charge in [-0.2, -0.15) is 0 Å². The van der Waals surface area contributed by atoms with Gasteiger partial charge in [0.1, 0.15) is 25.6 Å². The summed E-state index contributed by atoms with van der Waals surface area (Å²) >= 11 is 0. The molecule has 1 aromatic heterocycles. The van der Waals surface area contributed by atoms with Crippen LogP contribution in [0.1, 0.15) is 60.1 Å². The van der Waals surface area contributed by atoms with Gasteiger partial charge in [0.25, 0.3) is 0 Å². The number of aliphatic hydroxyl groups excluding tert-OH is 1. The fraction of sp³-hybridized carbons (Fsp3) is 0.286. The molecular formula is C49H52N2O5. The molecule has 1 fully saturated rings. The Morgan fingerprint density at radius 3 is 1.91 bits per heavy atom. The van der Waals surface area contributed by atoms with Crippen molar-refractivity contribution >= 4 is 10.9 Å². The number of rotatable bonds is 17. The summed E-state index contributed by atoms with van der Waals surface area (Å²) < 4.78 is 25.4. The summed E-state index contributed by atoms with van der Waals surface area (Å²) in [4.78, 5) is 7.03. The third kappa shape index (κ3) is 9.41. The lowest BCUT2D eigenvalue weighted by Gasteiger charge is -2.44. The van der Waals surface area contributed by atoms with E-state index in [9.17, 15) is 5.11 Å². The molecule has 0 radical (unpaired) electrons. The molecule has 0 aliphatic carbocycles. The van der Waals surface area contributed by atoms with Crippen molar-refractivity contribution in [2.24, 2.45) is 11.8 Å². The van der Waals surface area contributed by atoms with Crippen molar-refractivity contribution in [3.05, 3.63) is 174 Å². The number of hydrogen-bond donors (Lipinski definition) is 1. The number of benzene rings is 5. The van der Waals surface area contributed by atoms with E-state index in [4.69, 9.17) is 18.9 Å². The van der Waals surface area contributed by atoms with E-state index in [1.54, 1.807) is 13.3 Å². The zero-order valence-electron chi connectivity index (χ0n) is 32.4. The number of ether oxygens (including phenoxy) is 4. The molecule has 7 heteroatoms. The third-order valence-corrected chi connectivity index (χ3v) is 11.0. The summed E-state index contributed by atoms with van der Waals surface area (Å²) in [7, 11) is 1.66. The van der Waals surface area contributed by atoms with Gasteiger partial charge in [-0.15, -0.1) is 6.58 Å². The molecule has 0 spiro atoms. The molecular weight excluding hydrogens is 697 g/mol. The molecule has 0 amide bonds. The minimum Gasteiger partial charge on any atom is -0.497 e. The molecule has 1 saturated heterocycles. The Balaban J connectivity index is 1.26. The van der Waals surface area contributed by atoms with Crippen LogP contribution >= 0.6 is 0 Å². The van der Waals surface area contributed by atoms with E-state index in [1.807, 2.05) is 78.9 Å². The predicted molar refractivity (Wildman–Crippen MR) is 223 cm³/mol. The van der Waals surface area contributed by atoms with Crippen LogP contribution in [0.4, 0.5) is 0 Å². The first-order valence-corrected chi connectivity index (χ1v) is 19.7. The lowest BCUT2D eigenvalue weighted by molar-refractivity contribution is -0.00360. The summed E-state index contributed by atoms with van der Waals surface area (Å²) in [5, 5.41) is 13.3. The van der Waals surface area contributed by atoms with Crippen molar-refractivity contribution in [1.82, 2.24) is 9.88 Å². The maximum absolute atomic E-state index is 12.4. The van der Waals surface area contributed by atoms with Gasteiger partial charge in [-0.05, 0) is 102 Å². The average Bonchev–Trinajstić information content (AvgIpc) is 3.25. The third-order valence-electron chi connectivity index (χ3n) is 11.0. The van der Waals surface area contributed by atoms with Crippen LogP contribution in [0.15, 0.2) is 146 Å². The highest BCUT2D eigenvalue weighted by molar-refractivity contribution is 5.84. The van der Waals surface area contributed by atoms with Crippen LogP contribution in [0, 0.1) is 11.8 Å². The molecule has 2 heterocycles. The van der Waals surface area contributed by atoms with Gasteiger partial charge in [0.15, 0.2) is 11.5 Å². The highest BCUT2D eigenvalue weighted by atomic mass is 16.5. The smallest absolute Gasteiger partial charge is 0.203 e. The number of piperidine rings is 1. The number of aliphatic hydroxyl groups is 1. The highest BCUT2D eigenvalue weighted by Crippen LogP contribution is 2.43. The molecule has 1 aliphatic rings. The van der Waals surface area contributed by atoms with Crippen molar-refractivity contribution in [2.75, 3.05) is 13.7 Å². The zero-order valence-corrected chi connectivity index (χ0v) is 32.4. The van der Waals surface area contributed by atoms with E-state index in [-0.39, 0.29) is 6.04 Å². The summed E-state index contributed by atoms with van der Waals surface area (Å²) in [6.07, 6.45) is 5.96. The first kappa shape index (κ1) is 38.6. The second-order valence-electron chi connectivity index (χ2n) is 14.6. The Bertz CT molecular complexity index is 2100. The van der Waals surface area contributed by atoms with Crippen molar-refractivity contribution in [3.8, 4) is 23.0 Å². The van der Waals surface area contributed by atoms with E-state index >= 15 is 0 Å². The highest BCUT2D eigenvalue weighted by Gasteiger charge is 2.37. The van der Waals surface area contributed by atoms with Crippen LogP contribution in [0.5, 0.6) is 23.0 Å². The first-order chi connectivity index (χ1) is 27.5. The van der Waals surface area contributed by atoms with Crippen LogP contribution in [0.3, 0.4) is 0 Å². The van der Waals surface area contributed by atoms with Gasteiger partial charge in [-0.1, -0.05) is 104 Å². The number of nitrogens with zero attached hydrogens (tertiary/aromatic N) is 2. The minimum absolute atomic E-state index is 0.170. The molecule has 4 atom stereocenters. The molecule has 2 unspecified atom stereocenters. The standard InChI is InChI=1S/C49H52N2O5/c1-4-39(5-2)40-24-26-51(45(29-40)48(52)42-23-25-50-44-22-21-41(53-3)30-43(42)44)31-38-27-46(54-32-35-15-9-6-10-16-35)49(56-34-37-19-13-8-14-20-37)47(28-38)55-33-36-17-11-7-12-18-36/h4,6-23,25,27-28,30,39-40,45,48,52H,1,5,24,26,29,31-34H2,2-3H3/t39?,40?,45-,48+/m1/s1. The number of pyridine rings is 1. The molecule has 6 aromatic rings. The molecule has 0 saturated carbocycles.